The van der Waals surface area contributed by atoms with Crippen molar-refractivity contribution in [2.75, 3.05) is 44.9 Å². The molecule has 0 bridgehead atoms. The van der Waals surface area contributed by atoms with Gasteiger partial charge in [-0.25, -0.2) is 0 Å². The molecular weight excluding hydrogens is 286 g/mol. The summed E-state index contributed by atoms with van der Waals surface area (Å²) in [6.07, 6.45) is 0. The quantitative estimate of drug-likeness (QED) is 0.779. The van der Waals surface area contributed by atoms with E-state index in [9.17, 15) is 9.59 Å². The van der Waals surface area contributed by atoms with Crippen LogP contribution in [0.3, 0.4) is 0 Å². The predicted octanol–water partition coefficient (Wildman–Crippen LogP) is -0.158. The van der Waals surface area contributed by atoms with Crippen LogP contribution in [0.2, 0.25) is 0 Å². The molecule has 3 rings (SSSR count). The van der Waals surface area contributed by atoms with Gasteiger partial charge in [0.15, 0.2) is 0 Å². The second-order valence-corrected chi connectivity index (χ2v) is 5.40. The second-order valence-electron chi connectivity index (χ2n) is 5.40. The van der Waals surface area contributed by atoms with Crippen molar-refractivity contribution >= 4 is 17.5 Å². The Balaban J connectivity index is 1.89. The molecule has 2 heterocycles. The molecule has 2 N–H and O–H groups in total. The number of hydrogen-bond donors (Lipinski definition) is 1. The Labute approximate surface area is 128 Å². The number of carbonyl (C=O) groups is 2. The van der Waals surface area contributed by atoms with Crippen LogP contribution in [0, 0.1) is 0 Å². The average molecular weight is 305 g/mol. The van der Waals surface area contributed by atoms with Crippen LogP contribution in [0.4, 0.5) is 5.69 Å². The lowest BCUT2D eigenvalue weighted by Gasteiger charge is -2.27. The Morgan fingerprint density at radius 3 is 2.77 bits per heavy atom. The number of nitrogens with zero attached hydrogens (tertiary/aromatic N) is 2. The first-order valence-corrected chi connectivity index (χ1v) is 7.25. The van der Waals surface area contributed by atoms with Gasteiger partial charge in [-0.2, -0.15) is 0 Å². The lowest BCUT2D eigenvalue weighted by molar-refractivity contribution is -0.119. The minimum atomic E-state index is -0.698. The molecule has 0 saturated carbocycles. The summed E-state index contributed by atoms with van der Waals surface area (Å²) in [7, 11) is 1.64. The van der Waals surface area contributed by atoms with Gasteiger partial charge < -0.3 is 25.0 Å². The molecule has 0 aromatic heterocycles. The predicted molar refractivity (Wildman–Crippen MR) is 80.0 cm³/mol. The topological polar surface area (TPSA) is 85.1 Å². The third kappa shape index (κ3) is 2.65. The Bertz CT molecular complexity index is 598. The number of amides is 2. The number of morpholine rings is 1. The molecule has 1 aromatic rings. The zero-order valence-corrected chi connectivity index (χ0v) is 12.4. The number of fused-ring (bicyclic) bond motifs is 1. The molecule has 118 valence electrons. The number of rotatable bonds is 1. The molecule has 0 spiro atoms. The summed E-state index contributed by atoms with van der Waals surface area (Å²) >= 11 is 0. The van der Waals surface area contributed by atoms with E-state index in [4.69, 9.17) is 15.2 Å². The zero-order chi connectivity index (χ0) is 15.7. The normalized spacial score (nSPS) is 21.9. The van der Waals surface area contributed by atoms with Gasteiger partial charge in [0, 0.05) is 25.7 Å². The summed E-state index contributed by atoms with van der Waals surface area (Å²) in [6, 6.07) is 4.41. The number of benzene rings is 1. The van der Waals surface area contributed by atoms with Gasteiger partial charge in [-0.15, -0.1) is 0 Å². The van der Waals surface area contributed by atoms with E-state index < -0.39 is 6.04 Å². The molecule has 1 fully saturated rings. The summed E-state index contributed by atoms with van der Waals surface area (Å²) in [5.41, 5.74) is 6.85. The maximum atomic E-state index is 12.5. The van der Waals surface area contributed by atoms with Crippen molar-refractivity contribution in [3.63, 3.8) is 0 Å². The molecule has 1 saturated heterocycles. The molecule has 1 aromatic carbocycles. The number of nitrogens with two attached hydrogens (primary N) is 1. The maximum absolute atomic E-state index is 12.5. The molecule has 1 unspecified atom stereocenters. The second kappa shape index (κ2) is 5.94. The number of carbonyl (C=O) groups excluding carboxylic acids is 2. The average Bonchev–Trinajstić information content (AvgIpc) is 2.67. The van der Waals surface area contributed by atoms with Crippen molar-refractivity contribution < 1.29 is 19.1 Å². The highest BCUT2D eigenvalue weighted by Crippen LogP contribution is 2.31. The van der Waals surface area contributed by atoms with E-state index in [0.29, 0.717) is 43.3 Å². The Hall–Kier alpha value is -2.12. The number of anilines is 1. The van der Waals surface area contributed by atoms with Crippen molar-refractivity contribution in [3.05, 3.63) is 23.8 Å². The van der Waals surface area contributed by atoms with Crippen LogP contribution in [0.1, 0.15) is 10.4 Å². The van der Waals surface area contributed by atoms with Gasteiger partial charge in [0.2, 0.25) is 5.91 Å². The monoisotopic (exact) mass is 305 g/mol. The first kappa shape index (κ1) is 14.8. The largest absolute Gasteiger partial charge is 0.489 e. The molecule has 2 aliphatic heterocycles. The maximum Gasteiger partial charge on any atom is 0.254 e. The molecular formula is C15H19N3O4. The Morgan fingerprint density at radius 2 is 2.05 bits per heavy atom. The molecule has 0 aliphatic carbocycles. The summed E-state index contributed by atoms with van der Waals surface area (Å²) in [5.74, 6) is 0.262. The Kier molecular flexibility index (Phi) is 4.00. The highest BCUT2D eigenvalue weighted by molar-refractivity contribution is 6.01. The fraction of sp³-hybridized carbons (Fsp3) is 0.467. The van der Waals surface area contributed by atoms with E-state index in [2.05, 4.69) is 0 Å². The fourth-order valence-corrected chi connectivity index (χ4v) is 2.60. The van der Waals surface area contributed by atoms with Crippen LogP contribution < -0.4 is 15.4 Å². The van der Waals surface area contributed by atoms with Gasteiger partial charge in [-0.05, 0) is 18.2 Å². The van der Waals surface area contributed by atoms with Gasteiger partial charge in [0.05, 0.1) is 18.9 Å². The molecule has 22 heavy (non-hydrogen) atoms. The zero-order valence-electron chi connectivity index (χ0n) is 12.4. The van der Waals surface area contributed by atoms with E-state index in [1.165, 1.54) is 4.90 Å². The lowest BCUT2D eigenvalue weighted by atomic mass is 10.1. The van der Waals surface area contributed by atoms with Crippen molar-refractivity contribution in [1.29, 1.82) is 0 Å². The van der Waals surface area contributed by atoms with E-state index >= 15 is 0 Å². The van der Waals surface area contributed by atoms with Crippen LogP contribution in [-0.4, -0.2) is 62.7 Å². The van der Waals surface area contributed by atoms with Gasteiger partial charge in [-0.3, -0.25) is 9.59 Å². The first-order valence-electron chi connectivity index (χ1n) is 7.25. The van der Waals surface area contributed by atoms with Crippen molar-refractivity contribution in [2.24, 2.45) is 5.73 Å². The van der Waals surface area contributed by atoms with Crippen LogP contribution in [0.5, 0.6) is 5.75 Å². The highest BCUT2D eigenvalue weighted by atomic mass is 16.5. The van der Waals surface area contributed by atoms with E-state index in [-0.39, 0.29) is 18.4 Å². The minimum absolute atomic E-state index is 0.0690. The van der Waals surface area contributed by atoms with Gasteiger partial charge in [-0.1, -0.05) is 0 Å². The van der Waals surface area contributed by atoms with Crippen molar-refractivity contribution in [1.82, 2.24) is 4.90 Å². The van der Waals surface area contributed by atoms with Crippen LogP contribution in [-0.2, 0) is 9.53 Å². The van der Waals surface area contributed by atoms with Crippen molar-refractivity contribution in [3.8, 4) is 5.75 Å². The van der Waals surface area contributed by atoms with Gasteiger partial charge in [0.1, 0.15) is 18.4 Å². The van der Waals surface area contributed by atoms with Gasteiger partial charge in [0.25, 0.3) is 5.91 Å². The van der Waals surface area contributed by atoms with Crippen molar-refractivity contribution in [2.45, 2.75) is 6.04 Å². The van der Waals surface area contributed by atoms with E-state index in [1.54, 1.807) is 30.1 Å². The highest BCUT2D eigenvalue weighted by Gasteiger charge is 2.28. The molecule has 2 amide bonds. The summed E-state index contributed by atoms with van der Waals surface area (Å²) in [4.78, 5) is 27.8. The minimum Gasteiger partial charge on any atom is -0.489 e. The van der Waals surface area contributed by atoms with E-state index in [0.717, 1.165) is 0 Å². The molecule has 7 nitrogen and oxygen atoms in total. The van der Waals surface area contributed by atoms with Crippen LogP contribution >= 0.6 is 0 Å². The Morgan fingerprint density at radius 1 is 1.32 bits per heavy atom. The number of ether oxygens (including phenoxy) is 2. The van der Waals surface area contributed by atoms with Gasteiger partial charge >= 0.3 is 0 Å². The summed E-state index contributed by atoms with van der Waals surface area (Å²) in [5, 5.41) is 0. The van der Waals surface area contributed by atoms with E-state index in [1.807, 2.05) is 0 Å². The standard InChI is InChI=1S/C15H19N3O4/c1-17-12-8-10(14(19)18-4-6-21-7-5-18)2-3-13(12)22-9-11(16)15(17)20/h2-3,8,11H,4-7,9,16H2,1H3. The number of hydrogen-bond acceptors (Lipinski definition) is 5. The summed E-state index contributed by atoms with van der Waals surface area (Å²) < 4.78 is 10.8. The first-order chi connectivity index (χ1) is 10.6. The lowest BCUT2D eigenvalue weighted by Crippen LogP contribution is -2.43. The SMILES string of the molecule is CN1C(=O)C(N)COc2ccc(C(=O)N3CCOCC3)cc21. The number of likely N-dealkylation sites (N-methyl/N-ethyl adjacent to an activating group) is 1. The molecule has 7 heteroatoms. The molecule has 0 radical (unpaired) electrons. The van der Waals surface area contributed by atoms with Crippen LogP contribution in [0.25, 0.3) is 0 Å². The smallest absolute Gasteiger partial charge is 0.254 e. The summed E-state index contributed by atoms with van der Waals surface area (Å²) in [6.45, 7) is 2.38. The fourth-order valence-electron chi connectivity index (χ4n) is 2.60. The third-order valence-corrected chi connectivity index (χ3v) is 3.93. The molecule has 2 aliphatic rings. The third-order valence-electron chi connectivity index (χ3n) is 3.93. The van der Waals surface area contributed by atoms with Crippen LogP contribution in [0.15, 0.2) is 18.2 Å². The molecule has 1 atom stereocenters.